The Balaban J connectivity index is 1.43. The van der Waals surface area contributed by atoms with Crippen molar-refractivity contribution in [1.82, 2.24) is 19.9 Å². The normalized spacial score (nSPS) is 19.7. The van der Waals surface area contributed by atoms with Crippen LogP contribution in [0.5, 0.6) is 0 Å². The van der Waals surface area contributed by atoms with Gasteiger partial charge in [0.2, 0.25) is 5.95 Å². The first-order valence-corrected chi connectivity index (χ1v) is 13.1. The summed E-state index contributed by atoms with van der Waals surface area (Å²) in [5.74, 6) is 6.06. The number of benzene rings is 1. The number of nitrogens with zero attached hydrogens (tertiary/aromatic N) is 4. The number of hydrogen-bond donors (Lipinski definition) is 2. The van der Waals surface area contributed by atoms with Crippen LogP contribution in [-0.2, 0) is 16.0 Å². The summed E-state index contributed by atoms with van der Waals surface area (Å²) in [5, 5.41) is 7.08. The molecule has 2 aliphatic heterocycles. The Morgan fingerprint density at radius 2 is 2.21 bits per heavy atom. The Labute approximate surface area is 221 Å². The van der Waals surface area contributed by atoms with E-state index in [0.717, 1.165) is 38.9 Å². The molecular formula is C28H33FN6O3. The monoisotopic (exact) mass is 520 g/mol. The fourth-order valence-corrected chi connectivity index (χ4v) is 4.86. The fourth-order valence-electron chi connectivity index (χ4n) is 4.86. The van der Waals surface area contributed by atoms with Gasteiger partial charge in [-0.1, -0.05) is 11.8 Å². The van der Waals surface area contributed by atoms with Gasteiger partial charge in [-0.15, -0.1) is 0 Å². The molecule has 2 saturated heterocycles. The number of piperazine rings is 1. The van der Waals surface area contributed by atoms with Crippen LogP contribution in [0, 0.1) is 17.7 Å². The molecule has 9 nitrogen and oxygen atoms in total. The first kappa shape index (κ1) is 26.1. The number of methoxy groups -OCH3 is 1. The van der Waals surface area contributed by atoms with Gasteiger partial charge in [-0.3, -0.25) is 9.36 Å². The van der Waals surface area contributed by atoms with E-state index in [1.807, 2.05) is 6.07 Å². The van der Waals surface area contributed by atoms with Crippen LogP contribution in [0.15, 0.2) is 35.3 Å². The Morgan fingerprint density at radius 3 is 2.97 bits per heavy atom. The van der Waals surface area contributed by atoms with E-state index in [0.29, 0.717) is 47.7 Å². The third-order valence-corrected chi connectivity index (χ3v) is 6.91. The zero-order valence-electron chi connectivity index (χ0n) is 21.8. The van der Waals surface area contributed by atoms with Crippen LogP contribution in [0.2, 0.25) is 0 Å². The van der Waals surface area contributed by atoms with Crippen LogP contribution in [-0.4, -0.2) is 66.6 Å². The lowest BCUT2D eigenvalue weighted by Gasteiger charge is -2.36. The van der Waals surface area contributed by atoms with Crippen LogP contribution >= 0.6 is 0 Å². The summed E-state index contributed by atoms with van der Waals surface area (Å²) in [6.45, 7) is 5.80. The zero-order chi connectivity index (χ0) is 26.5. The third kappa shape index (κ3) is 5.80. The molecule has 3 aromatic rings. The summed E-state index contributed by atoms with van der Waals surface area (Å²) >= 11 is 0. The lowest BCUT2D eigenvalue weighted by molar-refractivity contribution is 0.0526. The minimum absolute atomic E-state index is 0.157. The summed E-state index contributed by atoms with van der Waals surface area (Å²) in [5.41, 5.74) is 1.67. The zero-order valence-corrected chi connectivity index (χ0v) is 21.8. The van der Waals surface area contributed by atoms with Gasteiger partial charge in [-0.25, -0.2) is 9.37 Å². The molecule has 2 aliphatic rings. The van der Waals surface area contributed by atoms with Crippen LogP contribution < -0.4 is 21.1 Å². The summed E-state index contributed by atoms with van der Waals surface area (Å²) in [6.07, 6.45) is 4.46. The van der Waals surface area contributed by atoms with E-state index in [4.69, 9.17) is 9.47 Å². The van der Waals surface area contributed by atoms with Crippen LogP contribution in [0.4, 0.5) is 21.7 Å². The van der Waals surface area contributed by atoms with E-state index in [9.17, 15) is 4.79 Å². The maximum atomic E-state index is 15.0. The second kappa shape index (κ2) is 11.9. The Kier molecular flexibility index (Phi) is 8.17. The van der Waals surface area contributed by atoms with Crippen molar-refractivity contribution in [2.45, 2.75) is 44.9 Å². The van der Waals surface area contributed by atoms with Crippen molar-refractivity contribution in [2.75, 3.05) is 50.2 Å². The molecule has 0 radical (unpaired) electrons. The Bertz CT molecular complexity index is 1410. The molecule has 2 fully saturated rings. The van der Waals surface area contributed by atoms with Gasteiger partial charge >= 0.3 is 0 Å². The number of fused-ring (bicyclic) bond motifs is 1. The third-order valence-electron chi connectivity index (χ3n) is 6.91. The summed E-state index contributed by atoms with van der Waals surface area (Å²) in [4.78, 5) is 24.4. The highest BCUT2D eigenvalue weighted by Crippen LogP contribution is 2.26. The van der Waals surface area contributed by atoms with Gasteiger partial charge in [-0.05, 0) is 50.5 Å². The van der Waals surface area contributed by atoms with Crippen LogP contribution in [0.3, 0.4) is 0 Å². The van der Waals surface area contributed by atoms with Crippen molar-refractivity contribution < 1.29 is 13.9 Å². The Morgan fingerprint density at radius 1 is 1.32 bits per heavy atom. The molecule has 0 bridgehead atoms. The van der Waals surface area contributed by atoms with Gasteiger partial charge in [-0.2, -0.15) is 4.98 Å². The standard InChI is InChI=1S/C28H33FN6O3/c1-19-17-30-10-11-34(19)25-9-7-22(16-24(25)29)32-28-31-18-21-15-20(6-8-23-5-3-4-13-38-23)27(36)35(12-14-37-2)26(21)33-28/h7,9,15-16,18-19,23,30H,3-5,10-14,17H2,1-2H3,(H,31,32,33). The smallest absolute Gasteiger partial charge is 0.268 e. The van der Waals surface area contributed by atoms with E-state index in [2.05, 4.69) is 44.3 Å². The van der Waals surface area contributed by atoms with Gasteiger partial charge in [0, 0.05) is 56.7 Å². The predicted octanol–water partition coefficient (Wildman–Crippen LogP) is 3.04. The Hall–Kier alpha value is -3.52. The molecule has 2 atom stereocenters. The lowest BCUT2D eigenvalue weighted by Crippen LogP contribution is -2.50. The molecule has 0 aliphatic carbocycles. The molecule has 2 aromatic heterocycles. The fraction of sp³-hybridized carbons (Fsp3) is 0.464. The summed E-state index contributed by atoms with van der Waals surface area (Å²) in [6, 6.07) is 6.95. The molecular weight excluding hydrogens is 487 g/mol. The summed E-state index contributed by atoms with van der Waals surface area (Å²) in [7, 11) is 1.58. The number of nitrogens with one attached hydrogen (secondary N) is 2. The van der Waals surface area contributed by atoms with Crippen molar-refractivity contribution in [3.63, 3.8) is 0 Å². The number of hydrogen-bond acceptors (Lipinski definition) is 8. The van der Waals surface area contributed by atoms with Crippen LogP contribution in [0.1, 0.15) is 31.7 Å². The quantitative estimate of drug-likeness (QED) is 0.479. The molecule has 10 heteroatoms. The summed E-state index contributed by atoms with van der Waals surface area (Å²) < 4.78 is 27.5. The van der Waals surface area contributed by atoms with Crippen LogP contribution in [0.25, 0.3) is 11.0 Å². The SMILES string of the molecule is COCCn1c(=O)c(C#CC2CCCCO2)cc2cnc(Nc3ccc(N4CCNCC4C)c(F)c3)nc21. The average Bonchev–Trinajstić information content (AvgIpc) is 2.93. The number of halogens is 1. The van der Waals surface area contributed by atoms with E-state index in [1.165, 1.54) is 6.07 Å². The van der Waals surface area contributed by atoms with Crippen molar-refractivity contribution in [2.24, 2.45) is 0 Å². The van der Waals surface area contributed by atoms with E-state index in [1.54, 1.807) is 30.0 Å². The van der Waals surface area contributed by atoms with Gasteiger partial charge in [0.15, 0.2) is 0 Å². The molecule has 38 heavy (non-hydrogen) atoms. The molecule has 0 spiro atoms. The first-order valence-electron chi connectivity index (χ1n) is 13.1. The van der Waals surface area contributed by atoms with Crippen molar-refractivity contribution in [3.05, 3.63) is 52.2 Å². The molecule has 4 heterocycles. The second-order valence-corrected chi connectivity index (χ2v) is 9.64. The molecule has 1 aromatic carbocycles. The number of anilines is 3. The van der Waals surface area contributed by atoms with Gasteiger partial charge < -0.3 is 25.0 Å². The second-order valence-electron chi connectivity index (χ2n) is 9.64. The topological polar surface area (TPSA) is 93.5 Å². The number of pyridine rings is 1. The molecule has 2 N–H and O–H groups in total. The van der Waals surface area contributed by atoms with Crippen molar-refractivity contribution in [1.29, 1.82) is 0 Å². The first-order chi connectivity index (χ1) is 18.5. The number of ether oxygens (including phenoxy) is 2. The average molecular weight is 521 g/mol. The molecule has 2 unspecified atom stereocenters. The van der Waals surface area contributed by atoms with Gasteiger partial charge in [0.1, 0.15) is 17.6 Å². The molecule has 0 saturated carbocycles. The highest BCUT2D eigenvalue weighted by Gasteiger charge is 2.21. The number of rotatable bonds is 6. The molecule has 5 rings (SSSR count). The minimum Gasteiger partial charge on any atom is -0.383 e. The van der Waals surface area contributed by atoms with E-state index < -0.39 is 0 Å². The minimum atomic E-state index is -0.313. The van der Waals surface area contributed by atoms with Gasteiger partial charge in [0.05, 0.1) is 24.4 Å². The predicted molar refractivity (Wildman–Crippen MR) is 146 cm³/mol. The maximum Gasteiger partial charge on any atom is 0.268 e. The largest absolute Gasteiger partial charge is 0.383 e. The molecule has 0 amide bonds. The van der Waals surface area contributed by atoms with Crippen molar-refractivity contribution >= 4 is 28.4 Å². The lowest BCUT2D eigenvalue weighted by atomic mass is 10.1. The highest BCUT2D eigenvalue weighted by molar-refractivity contribution is 5.77. The molecule has 200 valence electrons. The van der Waals surface area contributed by atoms with E-state index >= 15 is 4.39 Å². The van der Waals surface area contributed by atoms with Crippen molar-refractivity contribution in [3.8, 4) is 11.8 Å². The number of aromatic nitrogens is 3. The highest BCUT2D eigenvalue weighted by atomic mass is 19.1. The van der Waals surface area contributed by atoms with E-state index in [-0.39, 0.29) is 29.5 Å². The van der Waals surface area contributed by atoms with Gasteiger partial charge in [0.25, 0.3) is 5.56 Å². The maximum absolute atomic E-state index is 15.0.